The summed E-state index contributed by atoms with van der Waals surface area (Å²) in [4.78, 5) is 40.4. The number of carbonyl (C=O) groups excluding carboxylic acids is 3. The van der Waals surface area contributed by atoms with Crippen LogP contribution >= 0.6 is 0 Å². The summed E-state index contributed by atoms with van der Waals surface area (Å²) in [6, 6.07) is 24.7. The minimum absolute atomic E-state index is 0.116. The highest BCUT2D eigenvalue weighted by atomic mass is 16.5. The van der Waals surface area contributed by atoms with Gasteiger partial charge in [0.15, 0.2) is 0 Å². The van der Waals surface area contributed by atoms with Gasteiger partial charge < -0.3 is 14.8 Å². The molecule has 36 heavy (non-hydrogen) atoms. The molecule has 7 heteroatoms. The Morgan fingerprint density at radius 1 is 0.944 bits per heavy atom. The number of methoxy groups -OCH3 is 1. The third kappa shape index (κ3) is 5.15. The highest BCUT2D eigenvalue weighted by molar-refractivity contribution is 6.19. The van der Waals surface area contributed by atoms with Gasteiger partial charge in [-0.05, 0) is 49.2 Å². The van der Waals surface area contributed by atoms with Crippen LogP contribution in [0.25, 0.3) is 0 Å². The normalized spacial score (nSPS) is 17.0. The molecule has 1 N–H and O–H groups in total. The van der Waals surface area contributed by atoms with Crippen LogP contribution in [0.3, 0.4) is 0 Å². The predicted octanol–water partition coefficient (Wildman–Crippen LogP) is 4.35. The van der Waals surface area contributed by atoms with E-state index < -0.39 is 24.0 Å². The molecule has 1 heterocycles. The molecule has 1 aliphatic rings. The number of carbonyl (C=O) groups is 3. The van der Waals surface area contributed by atoms with Gasteiger partial charge in [-0.25, -0.2) is 4.79 Å². The van der Waals surface area contributed by atoms with Crippen molar-refractivity contribution < 1.29 is 23.9 Å². The van der Waals surface area contributed by atoms with E-state index in [4.69, 9.17) is 9.47 Å². The molecular weight excluding hydrogens is 456 g/mol. The summed E-state index contributed by atoms with van der Waals surface area (Å²) in [5.41, 5.74) is 3.09. The molecule has 1 fully saturated rings. The molecule has 1 unspecified atom stereocenters. The second-order valence-electron chi connectivity index (χ2n) is 8.51. The minimum Gasteiger partial charge on any atom is -0.497 e. The van der Waals surface area contributed by atoms with E-state index in [0.717, 1.165) is 11.1 Å². The molecule has 2 amide bonds. The molecule has 3 aromatic carbocycles. The Hall–Kier alpha value is -4.39. The van der Waals surface area contributed by atoms with Gasteiger partial charge in [0.25, 0.3) is 5.91 Å². The third-order valence-corrected chi connectivity index (χ3v) is 6.12. The number of esters is 1. The zero-order valence-electron chi connectivity index (χ0n) is 20.4. The molecule has 1 aliphatic heterocycles. The van der Waals surface area contributed by atoms with Crippen molar-refractivity contribution in [2.45, 2.75) is 32.5 Å². The number of ether oxygens (including phenoxy) is 2. The van der Waals surface area contributed by atoms with Gasteiger partial charge in [0.1, 0.15) is 18.4 Å². The molecule has 3 aromatic rings. The van der Waals surface area contributed by atoms with Gasteiger partial charge in [0.05, 0.1) is 18.7 Å². The van der Waals surface area contributed by atoms with Crippen LogP contribution in [0.5, 0.6) is 5.75 Å². The van der Waals surface area contributed by atoms with Crippen molar-refractivity contribution >= 4 is 23.5 Å². The van der Waals surface area contributed by atoms with E-state index in [0.29, 0.717) is 17.0 Å². The van der Waals surface area contributed by atoms with E-state index in [1.807, 2.05) is 72.8 Å². The van der Waals surface area contributed by atoms with Crippen molar-refractivity contribution in [2.75, 3.05) is 12.0 Å². The van der Waals surface area contributed by atoms with Crippen molar-refractivity contribution in [1.82, 2.24) is 5.32 Å². The largest absolute Gasteiger partial charge is 0.497 e. The van der Waals surface area contributed by atoms with E-state index in [1.54, 1.807) is 38.0 Å². The van der Waals surface area contributed by atoms with E-state index >= 15 is 0 Å². The first kappa shape index (κ1) is 24.7. The van der Waals surface area contributed by atoms with E-state index in [9.17, 15) is 14.4 Å². The molecule has 0 aromatic heterocycles. The number of nitrogens with one attached hydrogen (secondary N) is 1. The van der Waals surface area contributed by atoms with Crippen molar-refractivity contribution in [3.8, 4) is 5.75 Å². The summed E-state index contributed by atoms with van der Waals surface area (Å²) in [6.07, 6.45) is 0. The lowest BCUT2D eigenvalue weighted by Gasteiger charge is -2.44. The summed E-state index contributed by atoms with van der Waals surface area (Å²) in [5, 5.41) is 2.67. The molecule has 184 valence electrons. The number of hydrogen-bond donors (Lipinski definition) is 1. The predicted molar refractivity (Wildman–Crippen MR) is 136 cm³/mol. The summed E-state index contributed by atoms with van der Waals surface area (Å²) >= 11 is 0. The molecule has 0 aliphatic carbocycles. The Bertz CT molecular complexity index is 1270. The van der Waals surface area contributed by atoms with Crippen LogP contribution in [0, 0.1) is 0 Å². The maximum atomic E-state index is 13.3. The van der Waals surface area contributed by atoms with Gasteiger partial charge in [0, 0.05) is 11.3 Å². The first-order chi connectivity index (χ1) is 17.4. The minimum atomic E-state index is -0.875. The van der Waals surface area contributed by atoms with E-state index in [1.165, 1.54) is 0 Å². The Morgan fingerprint density at radius 3 is 2.17 bits per heavy atom. The average Bonchev–Trinajstić information content (AvgIpc) is 2.91. The lowest BCUT2D eigenvalue weighted by molar-refractivity contribution is -0.148. The fourth-order valence-electron chi connectivity index (χ4n) is 4.09. The second-order valence-corrected chi connectivity index (χ2v) is 8.51. The smallest absolute Gasteiger partial charge is 0.328 e. The Morgan fingerprint density at radius 2 is 1.56 bits per heavy atom. The fourth-order valence-corrected chi connectivity index (χ4v) is 4.09. The van der Waals surface area contributed by atoms with Gasteiger partial charge in [-0.1, -0.05) is 60.7 Å². The van der Waals surface area contributed by atoms with Gasteiger partial charge in [0.2, 0.25) is 5.91 Å². The average molecular weight is 485 g/mol. The lowest BCUT2D eigenvalue weighted by atomic mass is 9.84. The monoisotopic (exact) mass is 484 g/mol. The maximum Gasteiger partial charge on any atom is 0.328 e. The number of rotatable bonds is 8. The van der Waals surface area contributed by atoms with Crippen LogP contribution in [0.2, 0.25) is 0 Å². The highest BCUT2D eigenvalue weighted by Gasteiger charge is 2.46. The molecule has 0 spiro atoms. The van der Waals surface area contributed by atoms with Crippen LogP contribution in [-0.4, -0.2) is 30.9 Å². The number of benzene rings is 3. The van der Waals surface area contributed by atoms with Crippen molar-refractivity contribution in [3.05, 3.63) is 107 Å². The van der Waals surface area contributed by atoms with Crippen LogP contribution in [0.4, 0.5) is 5.69 Å². The molecule has 2 atom stereocenters. The van der Waals surface area contributed by atoms with Gasteiger partial charge in [-0.2, -0.15) is 0 Å². The third-order valence-electron chi connectivity index (χ3n) is 6.12. The number of amides is 2. The molecule has 0 bridgehead atoms. The fraction of sp³-hybridized carbons (Fsp3) is 0.207. The molecule has 4 rings (SSSR count). The summed E-state index contributed by atoms with van der Waals surface area (Å²) in [5.74, 6) is -0.620. The zero-order valence-corrected chi connectivity index (χ0v) is 20.4. The summed E-state index contributed by atoms with van der Waals surface area (Å²) in [6.45, 7) is 3.28. The van der Waals surface area contributed by atoms with Crippen molar-refractivity contribution in [2.24, 2.45) is 0 Å². The maximum absolute atomic E-state index is 13.3. The molecule has 0 radical (unpaired) electrons. The Balaban J connectivity index is 1.52. The first-order valence-corrected chi connectivity index (χ1v) is 11.7. The lowest BCUT2D eigenvalue weighted by Crippen LogP contribution is -2.51. The molecular formula is C29H28N2O5. The molecule has 1 saturated heterocycles. The van der Waals surface area contributed by atoms with Crippen LogP contribution in [-0.2, 0) is 25.7 Å². The standard InChI is InChI=1S/C29H28N2O5/c1-19(27(32)30-20(2)29(34)36-18-21-10-6-4-7-11-21)25-26(22-12-8-5-9-13-22)31(28(25)33)23-14-16-24(35-3)17-15-23/h4-17,20,26H,18H2,1-3H3,(H,30,32)/b25-19+/t20-,26?/m0/s1. The van der Waals surface area contributed by atoms with Crippen LogP contribution in [0.15, 0.2) is 96.1 Å². The van der Waals surface area contributed by atoms with Crippen molar-refractivity contribution in [1.29, 1.82) is 0 Å². The number of nitrogens with zero attached hydrogens (tertiary/aromatic N) is 1. The van der Waals surface area contributed by atoms with Gasteiger partial charge in [-0.3, -0.25) is 14.5 Å². The van der Waals surface area contributed by atoms with Crippen LogP contribution in [0.1, 0.15) is 31.0 Å². The Labute approximate surface area is 210 Å². The van der Waals surface area contributed by atoms with Gasteiger partial charge in [-0.15, -0.1) is 0 Å². The topological polar surface area (TPSA) is 84.9 Å². The molecule has 7 nitrogen and oxygen atoms in total. The first-order valence-electron chi connectivity index (χ1n) is 11.7. The van der Waals surface area contributed by atoms with Crippen molar-refractivity contribution in [3.63, 3.8) is 0 Å². The summed E-state index contributed by atoms with van der Waals surface area (Å²) < 4.78 is 10.5. The van der Waals surface area contributed by atoms with E-state index in [2.05, 4.69) is 5.32 Å². The highest BCUT2D eigenvalue weighted by Crippen LogP contribution is 2.44. The number of hydrogen-bond acceptors (Lipinski definition) is 5. The Kier molecular flexibility index (Phi) is 7.49. The zero-order chi connectivity index (χ0) is 25.7. The second kappa shape index (κ2) is 10.9. The van der Waals surface area contributed by atoms with Crippen LogP contribution < -0.4 is 15.0 Å². The SMILES string of the molecule is COc1ccc(N2C(=O)/C(=C(\C)C(=O)N[C@@H](C)C(=O)OCc3ccccc3)C2c2ccccc2)cc1. The quantitative estimate of drug-likeness (QED) is 0.292. The number of β-lactam (4-membered cyclic amide) rings is 1. The van der Waals surface area contributed by atoms with Gasteiger partial charge >= 0.3 is 5.97 Å². The summed E-state index contributed by atoms with van der Waals surface area (Å²) in [7, 11) is 1.58. The number of anilines is 1. The molecule has 0 saturated carbocycles. The van der Waals surface area contributed by atoms with E-state index in [-0.39, 0.29) is 18.1 Å².